The van der Waals surface area contributed by atoms with Crippen LogP contribution in [0.2, 0.25) is 10.0 Å². The van der Waals surface area contributed by atoms with E-state index in [2.05, 4.69) is 19.4 Å². The van der Waals surface area contributed by atoms with Crippen molar-refractivity contribution in [1.82, 2.24) is 28.9 Å². The Morgan fingerprint density at radius 2 is 1.17 bits per heavy atom. The van der Waals surface area contributed by atoms with Crippen LogP contribution in [0.3, 0.4) is 0 Å². The minimum atomic E-state index is -5.25. The van der Waals surface area contributed by atoms with Crippen molar-refractivity contribution in [3.63, 3.8) is 0 Å². The molecular formula is C48H42Cl2F6N8O11. The van der Waals surface area contributed by atoms with Crippen LogP contribution in [-0.4, -0.2) is 140 Å². The van der Waals surface area contributed by atoms with E-state index >= 15 is 0 Å². The van der Waals surface area contributed by atoms with E-state index in [0.717, 1.165) is 39.0 Å². The van der Waals surface area contributed by atoms with E-state index in [0.29, 0.717) is 10.6 Å². The molecule has 4 heterocycles. The normalized spacial score (nSPS) is 14.7. The number of fused-ring (bicyclic) bond motifs is 2. The Morgan fingerprint density at radius 1 is 0.653 bits per heavy atom. The topological polar surface area (TPSA) is 214 Å². The number of carbonyl (C=O) groups excluding carboxylic acids is 4. The molecule has 1 unspecified atom stereocenters. The standard InChI is InChI=1S/C48H42Cl2F6N8O11/c1-59-37(68)23-61(13-4-14-65)43(70)39-41(59)57-45(72-31-5-3-6-32(18-31)74-47(51,52)53)64(39)21-27-9-12-36(50)35(15-27)28-16-33(19-34(17-28)75-48(54,55)56)73-46-58-42-40(63(46)20-26-7-10-29(49)11-8-26)44(71)62(22-30(67)25-66)24-38(69)60(42)2/h3,5-12,15-19,30,65-67H,4,13-14,20-25H2,1-2H3. The number of imidazole rings is 2. The Balaban J connectivity index is 1.23. The zero-order valence-corrected chi connectivity index (χ0v) is 40.7. The van der Waals surface area contributed by atoms with Gasteiger partial charge < -0.3 is 44.1 Å². The molecule has 2 aliphatic heterocycles. The van der Waals surface area contributed by atoms with Gasteiger partial charge in [0, 0.05) is 61.5 Å². The lowest BCUT2D eigenvalue weighted by molar-refractivity contribution is -0.275. The maximum Gasteiger partial charge on any atom is 0.573 e. The van der Waals surface area contributed by atoms with Gasteiger partial charge in [0.05, 0.1) is 25.8 Å². The van der Waals surface area contributed by atoms with Crippen LogP contribution in [0, 0.1) is 0 Å². The molecule has 0 saturated carbocycles. The number of aliphatic hydroxyl groups is 3. The SMILES string of the molecule is CN1C(=O)CN(CCCO)C(=O)c2c1nc(Oc1cccc(OC(F)(F)F)c1)n2Cc1ccc(Cl)c(-c2cc(Oc3nc4c(n3Cc3ccc(Cl)cc3)C(=O)N(CC(O)CO)CC(=O)N4C)cc(OC(F)(F)F)c2)c1. The van der Waals surface area contributed by atoms with E-state index in [1.807, 2.05) is 0 Å². The molecule has 1 atom stereocenters. The van der Waals surface area contributed by atoms with Crippen molar-refractivity contribution in [3.8, 4) is 46.1 Å². The molecule has 27 heteroatoms. The van der Waals surface area contributed by atoms with Crippen molar-refractivity contribution in [1.29, 1.82) is 0 Å². The maximum atomic E-state index is 14.3. The molecule has 3 N–H and O–H groups in total. The average molecular weight is 1090 g/mol. The number of hydrogen-bond acceptors (Lipinski definition) is 13. The summed E-state index contributed by atoms with van der Waals surface area (Å²) in [4.78, 5) is 68.6. The van der Waals surface area contributed by atoms with Crippen LogP contribution in [0.1, 0.15) is 38.5 Å². The fraction of sp³-hybridized carbons (Fsp3) is 0.292. The number of β-amino-alcohol motifs (C(OH)–C–C–N with tert-alkyl or cyclic N) is 1. The molecule has 8 rings (SSSR count). The summed E-state index contributed by atoms with van der Waals surface area (Å²) in [6.07, 6.45) is -11.7. The van der Waals surface area contributed by atoms with Crippen LogP contribution in [0.4, 0.5) is 38.0 Å². The van der Waals surface area contributed by atoms with Crippen LogP contribution in [0.5, 0.6) is 35.0 Å². The summed E-state index contributed by atoms with van der Waals surface area (Å²) in [7, 11) is 2.67. The monoisotopic (exact) mass is 1090 g/mol. The number of alkyl halides is 6. The number of aliphatic hydroxyl groups excluding tert-OH is 3. The number of carbonyl (C=O) groups is 4. The number of amides is 4. The first-order valence-electron chi connectivity index (χ1n) is 22.4. The van der Waals surface area contributed by atoms with Gasteiger partial charge in [-0.25, -0.2) is 0 Å². The molecule has 0 saturated heterocycles. The van der Waals surface area contributed by atoms with Crippen molar-refractivity contribution < 1.29 is 79.8 Å². The second-order valence-corrected chi connectivity index (χ2v) is 17.8. The first-order valence-corrected chi connectivity index (χ1v) is 23.1. The fourth-order valence-corrected chi connectivity index (χ4v) is 8.42. The molecule has 0 fully saturated rings. The van der Waals surface area contributed by atoms with E-state index < -0.39 is 86.2 Å². The van der Waals surface area contributed by atoms with E-state index in [-0.39, 0.29) is 94.9 Å². The number of anilines is 2. The zero-order valence-electron chi connectivity index (χ0n) is 39.2. The Bertz CT molecular complexity index is 3150. The number of aromatic nitrogens is 4. The van der Waals surface area contributed by atoms with Gasteiger partial charge in [-0.05, 0) is 71.6 Å². The van der Waals surface area contributed by atoms with Crippen LogP contribution in [0.25, 0.3) is 11.1 Å². The highest BCUT2D eigenvalue weighted by Gasteiger charge is 2.39. The van der Waals surface area contributed by atoms with Crippen molar-refractivity contribution in [3.05, 3.63) is 117 Å². The average Bonchev–Trinajstić information content (AvgIpc) is 3.83. The molecule has 2 aromatic heterocycles. The Hall–Kier alpha value is -7.58. The number of nitrogens with zero attached hydrogens (tertiary/aromatic N) is 8. The number of likely N-dealkylation sites (N-methyl/N-ethyl adjacent to an activating group) is 2. The molecule has 19 nitrogen and oxygen atoms in total. The first kappa shape index (κ1) is 53.7. The maximum absolute atomic E-state index is 14.3. The van der Waals surface area contributed by atoms with Gasteiger partial charge in [0.15, 0.2) is 23.0 Å². The lowest BCUT2D eigenvalue weighted by Crippen LogP contribution is -2.43. The van der Waals surface area contributed by atoms with Crippen molar-refractivity contribution >= 4 is 58.5 Å². The smallest absolute Gasteiger partial charge is 0.425 e. The van der Waals surface area contributed by atoms with Crippen molar-refractivity contribution in [2.24, 2.45) is 0 Å². The second kappa shape index (κ2) is 21.7. The highest BCUT2D eigenvalue weighted by atomic mass is 35.5. The Morgan fingerprint density at radius 3 is 1.77 bits per heavy atom. The quantitative estimate of drug-likeness (QED) is 0.0779. The predicted molar refractivity (Wildman–Crippen MR) is 254 cm³/mol. The molecular weight excluding hydrogens is 1050 g/mol. The highest BCUT2D eigenvalue weighted by Crippen LogP contribution is 2.41. The molecule has 4 aromatic carbocycles. The Labute approximate surface area is 431 Å². The largest absolute Gasteiger partial charge is 0.573 e. The zero-order chi connectivity index (χ0) is 54.1. The van der Waals surface area contributed by atoms with E-state index in [4.69, 9.17) is 32.7 Å². The Kier molecular flexibility index (Phi) is 15.5. The number of benzene rings is 4. The van der Waals surface area contributed by atoms with Crippen molar-refractivity contribution in [2.75, 3.05) is 63.3 Å². The van der Waals surface area contributed by atoms with Gasteiger partial charge in [-0.1, -0.05) is 47.5 Å². The highest BCUT2D eigenvalue weighted by molar-refractivity contribution is 6.33. The summed E-state index contributed by atoms with van der Waals surface area (Å²) in [6.45, 7) is -3.05. The van der Waals surface area contributed by atoms with Crippen molar-refractivity contribution in [2.45, 2.75) is 38.3 Å². The molecule has 6 aromatic rings. The van der Waals surface area contributed by atoms with Crippen LogP contribution >= 0.6 is 23.2 Å². The summed E-state index contributed by atoms with van der Waals surface area (Å²) in [5, 5.41) is 29.8. The minimum absolute atomic E-state index is 0.0281. The van der Waals surface area contributed by atoms with Gasteiger partial charge in [-0.3, -0.25) is 38.1 Å². The van der Waals surface area contributed by atoms with E-state index in [9.17, 15) is 60.8 Å². The van der Waals surface area contributed by atoms with Crippen LogP contribution in [0.15, 0.2) is 84.9 Å². The predicted octanol–water partition coefficient (Wildman–Crippen LogP) is 7.10. The molecule has 396 valence electrons. The van der Waals surface area contributed by atoms with Gasteiger partial charge >= 0.3 is 24.7 Å². The lowest BCUT2D eigenvalue weighted by Gasteiger charge is -2.23. The summed E-state index contributed by atoms with van der Waals surface area (Å²) < 4.78 is 105. The summed E-state index contributed by atoms with van der Waals surface area (Å²) in [6, 6.07) is 17.5. The molecule has 75 heavy (non-hydrogen) atoms. The van der Waals surface area contributed by atoms with Crippen LogP contribution in [-0.2, 0) is 22.7 Å². The number of ether oxygens (including phenoxy) is 4. The van der Waals surface area contributed by atoms with Crippen LogP contribution < -0.4 is 28.7 Å². The molecule has 0 aliphatic carbocycles. The van der Waals surface area contributed by atoms with E-state index in [1.165, 1.54) is 64.5 Å². The molecule has 4 amide bonds. The molecule has 0 radical (unpaired) electrons. The number of hydrogen-bond donors (Lipinski definition) is 3. The molecule has 0 spiro atoms. The third-order valence-electron chi connectivity index (χ3n) is 11.6. The summed E-state index contributed by atoms with van der Waals surface area (Å²) in [5.74, 6) is -5.22. The minimum Gasteiger partial charge on any atom is -0.425 e. The first-order chi connectivity index (χ1) is 35.5. The third-order valence-corrected chi connectivity index (χ3v) is 12.2. The summed E-state index contributed by atoms with van der Waals surface area (Å²) >= 11 is 12.9. The van der Waals surface area contributed by atoms with E-state index in [1.54, 1.807) is 24.3 Å². The number of halogens is 8. The van der Waals surface area contributed by atoms with Gasteiger partial charge in [0.25, 0.3) is 11.8 Å². The van der Waals surface area contributed by atoms with Gasteiger partial charge in [-0.15, -0.1) is 26.3 Å². The molecule has 0 bridgehead atoms. The lowest BCUT2D eigenvalue weighted by atomic mass is 10.0. The summed E-state index contributed by atoms with van der Waals surface area (Å²) in [5.41, 5.74) is 0.377. The fourth-order valence-electron chi connectivity index (χ4n) is 8.07. The second-order valence-electron chi connectivity index (χ2n) is 16.9. The number of rotatable bonds is 17. The van der Waals surface area contributed by atoms with Gasteiger partial charge in [0.2, 0.25) is 11.8 Å². The molecule has 2 aliphatic rings. The van der Waals surface area contributed by atoms with Gasteiger partial charge in [-0.2, -0.15) is 9.97 Å². The van der Waals surface area contributed by atoms with Gasteiger partial charge in [0.1, 0.15) is 36.1 Å². The third kappa shape index (κ3) is 12.3.